The van der Waals surface area contributed by atoms with Gasteiger partial charge in [-0.15, -0.1) is 0 Å². The second-order valence-electron chi connectivity index (χ2n) is 4.97. The van der Waals surface area contributed by atoms with Crippen molar-refractivity contribution < 1.29 is 27.5 Å². The van der Waals surface area contributed by atoms with E-state index in [0.29, 0.717) is 24.4 Å². The van der Waals surface area contributed by atoms with E-state index in [1.54, 1.807) is 4.90 Å². The Morgan fingerprint density at radius 2 is 1.91 bits per heavy atom. The molecule has 1 aromatic heterocycles. The number of hydrogen-bond acceptors (Lipinski definition) is 5. The average molecular weight is 371 g/mol. The fourth-order valence-electron chi connectivity index (χ4n) is 2.22. The van der Waals surface area contributed by atoms with Crippen molar-refractivity contribution >= 4 is 34.8 Å². The summed E-state index contributed by atoms with van der Waals surface area (Å²) in [7, 11) is 0. The maximum atomic E-state index is 12.7. The Hall–Kier alpha value is -1.35. The van der Waals surface area contributed by atoms with Gasteiger partial charge in [-0.05, 0) is 19.3 Å². The summed E-state index contributed by atoms with van der Waals surface area (Å²) in [5.41, 5.74) is -1.36. The number of amides is 1. The molecule has 1 aliphatic heterocycles. The number of nitrogens with zero attached hydrogens (tertiary/aromatic N) is 2. The van der Waals surface area contributed by atoms with E-state index in [0.717, 1.165) is 19.3 Å². The molecule has 0 saturated carbocycles. The predicted octanol–water partition coefficient (Wildman–Crippen LogP) is 3.37. The molecule has 0 aliphatic carbocycles. The lowest BCUT2D eigenvalue weighted by Crippen LogP contribution is -2.36. The van der Waals surface area contributed by atoms with Crippen LogP contribution in [0.25, 0.3) is 0 Å². The van der Waals surface area contributed by atoms with Gasteiger partial charge in [-0.2, -0.15) is 13.2 Å². The van der Waals surface area contributed by atoms with Crippen LogP contribution in [-0.2, 0) is 15.7 Å². The lowest BCUT2D eigenvalue weighted by molar-refractivity contribution is -0.141. The fraction of sp³-hybridized carbons (Fsp3) is 0.615. The maximum absolute atomic E-state index is 12.7. The smallest absolute Gasteiger partial charge is 0.435 e. The number of esters is 1. The van der Waals surface area contributed by atoms with Crippen LogP contribution in [0.15, 0.2) is 0 Å². The summed E-state index contributed by atoms with van der Waals surface area (Å²) >= 11 is 5.84. The second-order valence-corrected chi connectivity index (χ2v) is 6.55. The molecular weight excluding hydrogens is 357 g/mol. The molecule has 2 rings (SSSR count). The summed E-state index contributed by atoms with van der Waals surface area (Å²) in [6, 6.07) is 0. The number of likely N-dealkylation sites (tertiary alicyclic amines) is 1. The van der Waals surface area contributed by atoms with Gasteiger partial charge in [-0.3, -0.25) is 4.79 Å². The number of carbonyl (C=O) groups excluding carboxylic acids is 2. The number of thiazole rings is 1. The molecule has 0 radical (unpaired) electrons. The van der Waals surface area contributed by atoms with Crippen LogP contribution in [0.3, 0.4) is 0 Å². The van der Waals surface area contributed by atoms with Gasteiger partial charge in [0.25, 0.3) is 0 Å². The molecule has 0 atom stereocenters. The van der Waals surface area contributed by atoms with Gasteiger partial charge in [0.15, 0.2) is 10.2 Å². The maximum Gasteiger partial charge on any atom is 0.435 e. The minimum Gasteiger partial charge on any atom is -0.461 e. The van der Waals surface area contributed by atoms with Crippen molar-refractivity contribution in [3.05, 3.63) is 15.0 Å². The van der Waals surface area contributed by atoms with Gasteiger partial charge in [-0.1, -0.05) is 22.9 Å². The molecule has 1 amide bonds. The molecule has 2 heterocycles. The zero-order chi connectivity index (χ0) is 17.0. The molecular formula is C13H14ClF3N2O3S. The lowest BCUT2D eigenvalue weighted by atomic mass is 10.1. The summed E-state index contributed by atoms with van der Waals surface area (Å²) < 4.78 is 42.6. The highest BCUT2D eigenvalue weighted by atomic mass is 35.5. The Labute approximate surface area is 139 Å². The van der Waals surface area contributed by atoms with E-state index in [9.17, 15) is 22.8 Å². The third kappa shape index (κ3) is 4.81. The number of halogens is 4. The lowest BCUT2D eigenvalue weighted by Gasteiger charge is -2.26. The quantitative estimate of drug-likeness (QED) is 0.762. The van der Waals surface area contributed by atoms with Crippen molar-refractivity contribution in [1.29, 1.82) is 0 Å². The molecule has 128 valence electrons. The number of alkyl halides is 3. The zero-order valence-corrected chi connectivity index (χ0v) is 13.6. The van der Waals surface area contributed by atoms with Gasteiger partial charge in [0.2, 0.25) is 5.91 Å². The SMILES string of the molecule is O=C(OCCC(=O)N1CCCCC1)c1sc(Cl)nc1C(F)(F)F. The highest BCUT2D eigenvalue weighted by Gasteiger charge is 2.40. The Kier molecular flexibility index (Phi) is 5.85. The molecule has 0 spiro atoms. The molecule has 0 bridgehead atoms. The summed E-state index contributed by atoms with van der Waals surface area (Å²) in [5.74, 6) is -1.34. The number of carbonyl (C=O) groups is 2. The van der Waals surface area contributed by atoms with Crippen molar-refractivity contribution in [2.45, 2.75) is 31.9 Å². The van der Waals surface area contributed by atoms with Crippen LogP contribution in [0, 0.1) is 0 Å². The predicted molar refractivity (Wildman–Crippen MR) is 77.5 cm³/mol. The first-order valence-electron chi connectivity index (χ1n) is 6.97. The number of piperidine rings is 1. The topological polar surface area (TPSA) is 59.5 Å². The minimum atomic E-state index is -4.79. The number of rotatable bonds is 4. The molecule has 23 heavy (non-hydrogen) atoms. The van der Waals surface area contributed by atoms with Gasteiger partial charge in [0.1, 0.15) is 11.5 Å². The second kappa shape index (κ2) is 7.48. The molecule has 0 N–H and O–H groups in total. The molecule has 1 fully saturated rings. The summed E-state index contributed by atoms with van der Waals surface area (Å²) in [4.78, 5) is 27.7. The molecule has 0 unspecified atom stereocenters. The zero-order valence-electron chi connectivity index (χ0n) is 12.0. The van der Waals surface area contributed by atoms with Crippen molar-refractivity contribution in [3.63, 3.8) is 0 Å². The first-order chi connectivity index (χ1) is 10.8. The van der Waals surface area contributed by atoms with E-state index >= 15 is 0 Å². The monoisotopic (exact) mass is 370 g/mol. The van der Waals surface area contributed by atoms with E-state index in [2.05, 4.69) is 4.98 Å². The van der Waals surface area contributed by atoms with Crippen LogP contribution in [0.2, 0.25) is 4.47 Å². The van der Waals surface area contributed by atoms with E-state index in [1.165, 1.54) is 0 Å². The van der Waals surface area contributed by atoms with Crippen LogP contribution in [-0.4, -0.2) is 41.5 Å². The van der Waals surface area contributed by atoms with Crippen LogP contribution in [0.5, 0.6) is 0 Å². The highest BCUT2D eigenvalue weighted by molar-refractivity contribution is 7.17. The van der Waals surface area contributed by atoms with Crippen LogP contribution in [0.1, 0.15) is 41.0 Å². The highest BCUT2D eigenvalue weighted by Crippen LogP contribution is 2.36. The van der Waals surface area contributed by atoms with Crippen molar-refractivity contribution in [2.75, 3.05) is 19.7 Å². The van der Waals surface area contributed by atoms with Gasteiger partial charge in [0.05, 0.1) is 6.42 Å². The van der Waals surface area contributed by atoms with E-state index in [4.69, 9.17) is 16.3 Å². The van der Waals surface area contributed by atoms with E-state index in [1.807, 2.05) is 0 Å². The van der Waals surface area contributed by atoms with E-state index in [-0.39, 0.29) is 18.9 Å². The Morgan fingerprint density at radius 1 is 1.26 bits per heavy atom. The minimum absolute atomic E-state index is 0.0559. The largest absolute Gasteiger partial charge is 0.461 e. The van der Waals surface area contributed by atoms with Crippen molar-refractivity contribution in [2.24, 2.45) is 0 Å². The van der Waals surface area contributed by atoms with Crippen molar-refractivity contribution in [1.82, 2.24) is 9.88 Å². The average Bonchev–Trinajstić information content (AvgIpc) is 2.90. The molecule has 5 nitrogen and oxygen atoms in total. The number of hydrogen-bond donors (Lipinski definition) is 0. The normalized spacial score (nSPS) is 15.6. The number of aromatic nitrogens is 1. The third-order valence-electron chi connectivity index (χ3n) is 3.31. The van der Waals surface area contributed by atoms with Gasteiger partial charge in [0, 0.05) is 13.1 Å². The van der Waals surface area contributed by atoms with Crippen LogP contribution >= 0.6 is 22.9 Å². The summed E-state index contributed by atoms with van der Waals surface area (Å²) in [5, 5.41) is 0. The Balaban J connectivity index is 1.89. The first kappa shape index (κ1) is 18.0. The fourth-order valence-corrected chi connectivity index (χ4v) is 3.24. The standard InChI is InChI=1S/C13H14ClF3N2O3S/c14-12-18-10(13(15,16)17)9(23-12)11(21)22-7-4-8(20)19-5-2-1-3-6-19/h1-7H2. The summed E-state index contributed by atoms with van der Waals surface area (Å²) in [6.07, 6.45) is -1.91. The van der Waals surface area contributed by atoms with Crippen molar-refractivity contribution in [3.8, 4) is 0 Å². The molecule has 1 aromatic rings. The number of ether oxygens (including phenoxy) is 1. The van der Waals surface area contributed by atoms with Crippen LogP contribution < -0.4 is 0 Å². The third-order valence-corrected chi connectivity index (χ3v) is 4.45. The van der Waals surface area contributed by atoms with E-state index < -0.39 is 27.2 Å². The van der Waals surface area contributed by atoms with Gasteiger partial charge < -0.3 is 9.64 Å². The Morgan fingerprint density at radius 3 is 2.52 bits per heavy atom. The molecule has 1 aliphatic rings. The molecule has 0 aromatic carbocycles. The molecule has 10 heteroatoms. The summed E-state index contributed by atoms with van der Waals surface area (Å²) in [6.45, 7) is 1.05. The first-order valence-corrected chi connectivity index (χ1v) is 8.17. The molecule has 1 saturated heterocycles. The van der Waals surface area contributed by atoms with Gasteiger partial charge >= 0.3 is 12.1 Å². The van der Waals surface area contributed by atoms with Gasteiger partial charge in [-0.25, -0.2) is 9.78 Å². The van der Waals surface area contributed by atoms with Crippen LogP contribution in [0.4, 0.5) is 13.2 Å². The Bertz CT molecular complexity index is 586.